The van der Waals surface area contributed by atoms with Gasteiger partial charge in [0.2, 0.25) is 5.88 Å². The molecule has 2 heterocycles. The first-order chi connectivity index (χ1) is 13.9. The Morgan fingerprint density at radius 2 is 2.03 bits per heavy atom. The molecule has 0 fully saturated rings. The quantitative estimate of drug-likeness (QED) is 0.525. The van der Waals surface area contributed by atoms with Crippen molar-refractivity contribution in [2.75, 3.05) is 7.11 Å². The zero-order valence-corrected chi connectivity index (χ0v) is 16.6. The summed E-state index contributed by atoms with van der Waals surface area (Å²) >= 11 is 6.55. The second-order valence-corrected chi connectivity index (χ2v) is 7.81. The average molecular weight is 426 g/mol. The topological polar surface area (TPSA) is 104 Å². The summed E-state index contributed by atoms with van der Waals surface area (Å²) in [4.78, 5) is 16.2. The standard InChI is InChI=1S/C20H14N2O5S2/c1-27-12-3-4-13-10(9-21-15(13)8-12)6-17-18(24)22(20(28)29-17)11-2-5-16(23)14(7-11)19(25)26/h2-9,23-24H,1H3,(H,25,26)/b10-6+. The van der Waals surface area contributed by atoms with E-state index in [0.717, 1.165) is 16.8 Å². The molecule has 1 aliphatic heterocycles. The van der Waals surface area contributed by atoms with Gasteiger partial charge in [0, 0.05) is 23.4 Å². The Morgan fingerprint density at radius 1 is 1.24 bits per heavy atom. The van der Waals surface area contributed by atoms with Gasteiger partial charge in [-0.3, -0.25) is 9.56 Å². The Morgan fingerprint density at radius 3 is 2.76 bits per heavy atom. The van der Waals surface area contributed by atoms with Crippen molar-refractivity contribution in [3.63, 3.8) is 0 Å². The molecule has 0 amide bonds. The molecule has 1 aliphatic rings. The van der Waals surface area contributed by atoms with E-state index in [0.29, 0.717) is 20.3 Å². The van der Waals surface area contributed by atoms with Gasteiger partial charge in [-0.05, 0) is 48.6 Å². The van der Waals surface area contributed by atoms with Crippen LogP contribution >= 0.6 is 23.6 Å². The van der Waals surface area contributed by atoms with Crippen LogP contribution in [0.5, 0.6) is 17.4 Å². The number of phenols is 1. The van der Waals surface area contributed by atoms with E-state index in [4.69, 9.17) is 17.0 Å². The summed E-state index contributed by atoms with van der Waals surface area (Å²) in [5, 5.41) is 29.7. The first-order valence-corrected chi connectivity index (χ1v) is 9.57. The Balaban J connectivity index is 1.78. The number of rotatable bonds is 4. The van der Waals surface area contributed by atoms with E-state index in [2.05, 4.69) is 4.99 Å². The number of carboxylic acids is 1. The normalized spacial score (nSPS) is 13.6. The fourth-order valence-electron chi connectivity index (χ4n) is 2.99. The van der Waals surface area contributed by atoms with Gasteiger partial charge >= 0.3 is 5.97 Å². The number of fused-ring (bicyclic) bond motifs is 1. The number of carbonyl (C=O) groups is 1. The van der Waals surface area contributed by atoms with Crippen molar-refractivity contribution in [3.05, 3.63) is 56.4 Å². The third kappa shape index (κ3) is 3.30. The van der Waals surface area contributed by atoms with Gasteiger partial charge < -0.3 is 20.1 Å². The van der Waals surface area contributed by atoms with E-state index >= 15 is 0 Å². The molecule has 3 aromatic rings. The predicted molar refractivity (Wildman–Crippen MR) is 114 cm³/mol. The first-order valence-electron chi connectivity index (χ1n) is 8.34. The molecule has 29 heavy (non-hydrogen) atoms. The number of thiazole rings is 1. The predicted octanol–water partition coefficient (Wildman–Crippen LogP) is 4.64. The van der Waals surface area contributed by atoms with E-state index in [1.54, 1.807) is 19.4 Å². The highest BCUT2D eigenvalue weighted by Gasteiger charge is 2.18. The zero-order valence-electron chi connectivity index (χ0n) is 15.0. The van der Waals surface area contributed by atoms with Crippen LogP contribution in [0, 0.1) is 3.95 Å². The van der Waals surface area contributed by atoms with Crippen LogP contribution in [0.15, 0.2) is 41.4 Å². The molecule has 0 spiro atoms. The van der Waals surface area contributed by atoms with Crippen molar-refractivity contribution in [1.82, 2.24) is 4.57 Å². The molecule has 0 atom stereocenters. The lowest BCUT2D eigenvalue weighted by atomic mass is 10.1. The fraction of sp³-hybridized carbons (Fsp3) is 0.0500. The van der Waals surface area contributed by atoms with Gasteiger partial charge in [-0.1, -0.05) is 0 Å². The van der Waals surface area contributed by atoms with Crippen LogP contribution in [0.25, 0.3) is 17.3 Å². The van der Waals surface area contributed by atoms with Gasteiger partial charge in [-0.2, -0.15) is 0 Å². The number of methoxy groups -OCH3 is 1. The molecule has 4 rings (SSSR count). The Kier molecular flexibility index (Phi) is 4.69. The molecule has 0 bridgehead atoms. The summed E-state index contributed by atoms with van der Waals surface area (Å²) < 4.78 is 6.90. The third-order valence-electron chi connectivity index (χ3n) is 4.43. The molecule has 9 heteroatoms. The number of aromatic hydroxyl groups is 2. The van der Waals surface area contributed by atoms with E-state index in [1.807, 2.05) is 18.2 Å². The minimum absolute atomic E-state index is 0.120. The SMILES string of the molecule is COc1ccc2c(c1)N=C/C2=C\c1sc(=S)n(-c2ccc(O)c(C(=O)O)c2)c1O. The second-order valence-electron chi connectivity index (χ2n) is 6.14. The van der Waals surface area contributed by atoms with Gasteiger partial charge in [0.15, 0.2) is 3.95 Å². The van der Waals surface area contributed by atoms with Crippen LogP contribution < -0.4 is 4.74 Å². The number of allylic oxidation sites excluding steroid dienone is 1. The van der Waals surface area contributed by atoms with E-state index in [1.165, 1.54) is 34.1 Å². The number of hydrogen-bond donors (Lipinski definition) is 3. The van der Waals surface area contributed by atoms with Crippen molar-refractivity contribution >= 4 is 53.1 Å². The molecular weight excluding hydrogens is 412 g/mol. The average Bonchev–Trinajstić information content (AvgIpc) is 3.22. The second kappa shape index (κ2) is 7.19. The number of aliphatic imine (C=N–C) groups is 1. The van der Waals surface area contributed by atoms with E-state index in [9.17, 15) is 20.1 Å². The number of aromatic nitrogens is 1. The van der Waals surface area contributed by atoms with E-state index in [-0.39, 0.29) is 17.2 Å². The largest absolute Gasteiger partial charge is 0.507 e. The minimum Gasteiger partial charge on any atom is -0.507 e. The van der Waals surface area contributed by atoms with Crippen LogP contribution in [0.4, 0.5) is 5.69 Å². The number of ether oxygens (including phenoxy) is 1. The molecule has 0 radical (unpaired) electrons. The molecule has 146 valence electrons. The molecule has 0 aliphatic carbocycles. The molecule has 1 aromatic heterocycles. The van der Waals surface area contributed by atoms with Crippen LogP contribution in [0.3, 0.4) is 0 Å². The summed E-state index contributed by atoms with van der Waals surface area (Å²) in [6.07, 6.45) is 3.46. The molecule has 0 saturated heterocycles. The van der Waals surface area contributed by atoms with Crippen LogP contribution in [-0.4, -0.2) is 39.2 Å². The summed E-state index contributed by atoms with van der Waals surface area (Å²) in [5.41, 5.74) is 2.53. The highest BCUT2D eigenvalue weighted by atomic mass is 32.1. The Hall–Kier alpha value is -3.43. The van der Waals surface area contributed by atoms with Gasteiger partial charge in [0.05, 0.1) is 23.4 Å². The van der Waals surface area contributed by atoms with Crippen LogP contribution in [-0.2, 0) is 0 Å². The molecule has 3 N–H and O–H groups in total. The maximum Gasteiger partial charge on any atom is 0.339 e. The van der Waals surface area contributed by atoms with Crippen molar-refractivity contribution in [2.24, 2.45) is 4.99 Å². The monoisotopic (exact) mass is 426 g/mol. The first kappa shape index (κ1) is 18.9. The van der Waals surface area contributed by atoms with Gasteiger partial charge in [0.25, 0.3) is 0 Å². The minimum atomic E-state index is -1.28. The Labute approximate surface area is 174 Å². The number of benzene rings is 2. The summed E-state index contributed by atoms with van der Waals surface area (Å²) in [7, 11) is 1.59. The highest BCUT2D eigenvalue weighted by molar-refractivity contribution is 7.73. The highest BCUT2D eigenvalue weighted by Crippen LogP contribution is 2.38. The molecular formula is C20H14N2O5S2. The zero-order chi connectivity index (χ0) is 20.7. The third-order valence-corrected chi connectivity index (χ3v) is 5.74. The molecule has 0 saturated carbocycles. The number of aromatic carboxylic acids is 1. The molecule has 0 unspecified atom stereocenters. The summed E-state index contributed by atoms with van der Waals surface area (Å²) in [5.74, 6) is -1.06. The molecule has 7 nitrogen and oxygen atoms in total. The van der Waals surface area contributed by atoms with Crippen molar-refractivity contribution < 1.29 is 24.9 Å². The van der Waals surface area contributed by atoms with Crippen molar-refractivity contribution in [3.8, 4) is 23.1 Å². The van der Waals surface area contributed by atoms with Crippen LogP contribution in [0.2, 0.25) is 0 Å². The number of nitrogens with zero attached hydrogens (tertiary/aromatic N) is 2. The lowest BCUT2D eigenvalue weighted by Gasteiger charge is -2.07. The lowest BCUT2D eigenvalue weighted by molar-refractivity contribution is 0.0693. The summed E-state index contributed by atoms with van der Waals surface area (Å²) in [6.45, 7) is 0. The van der Waals surface area contributed by atoms with Crippen LogP contribution in [0.1, 0.15) is 20.8 Å². The fourth-order valence-corrected chi connectivity index (χ4v) is 4.29. The maximum atomic E-state index is 11.3. The van der Waals surface area contributed by atoms with E-state index < -0.39 is 5.97 Å². The number of carboxylic acid groups (broad SMARTS) is 1. The van der Waals surface area contributed by atoms with Crippen molar-refractivity contribution in [1.29, 1.82) is 0 Å². The van der Waals surface area contributed by atoms with Gasteiger partial charge in [0.1, 0.15) is 17.1 Å². The maximum absolute atomic E-state index is 11.3. The van der Waals surface area contributed by atoms with Crippen molar-refractivity contribution in [2.45, 2.75) is 0 Å². The summed E-state index contributed by atoms with van der Waals surface area (Å²) in [6, 6.07) is 9.54. The number of hydrogen-bond acceptors (Lipinski definition) is 7. The van der Waals surface area contributed by atoms with Gasteiger partial charge in [-0.15, -0.1) is 11.3 Å². The molecule has 2 aromatic carbocycles. The smallest absolute Gasteiger partial charge is 0.339 e. The Bertz CT molecular complexity index is 1270. The lowest BCUT2D eigenvalue weighted by Crippen LogP contribution is -2.00. The van der Waals surface area contributed by atoms with Gasteiger partial charge in [-0.25, -0.2) is 4.79 Å².